The highest BCUT2D eigenvalue weighted by Gasteiger charge is 2.14. The van der Waals surface area contributed by atoms with Gasteiger partial charge >= 0.3 is 0 Å². The van der Waals surface area contributed by atoms with Crippen LogP contribution in [0.5, 0.6) is 5.75 Å². The van der Waals surface area contributed by atoms with E-state index in [0.29, 0.717) is 27.3 Å². The van der Waals surface area contributed by atoms with Gasteiger partial charge < -0.3 is 15.4 Å². The van der Waals surface area contributed by atoms with Crippen LogP contribution in [-0.2, 0) is 4.79 Å². The monoisotopic (exact) mass is 363 g/mol. The second kappa shape index (κ2) is 7.04. The van der Waals surface area contributed by atoms with Crippen molar-refractivity contribution in [1.29, 1.82) is 0 Å². The molecule has 2 amide bonds. The van der Waals surface area contributed by atoms with Gasteiger partial charge in [-0.2, -0.15) is 0 Å². The van der Waals surface area contributed by atoms with E-state index in [1.165, 1.54) is 20.2 Å². The summed E-state index contributed by atoms with van der Waals surface area (Å²) in [6.45, 7) is 1.37. The standard InChI is InChI=1S/C15H14BrN3O3/c1-9(20)18-14-13(4-3-7-17-14)19-15(21)11-8-10(22-2)5-6-12(11)16/h3-8H,1-2H3,(H,19,21)(H,17,18,20). The average molecular weight is 364 g/mol. The van der Waals surface area contributed by atoms with Crippen molar-refractivity contribution in [2.24, 2.45) is 0 Å². The number of carbonyl (C=O) groups excluding carboxylic acids is 2. The van der Waals surface area contributed by atoms with Gasteiger partial charge in [0, 0.05) is 17.6 Å². The van der Waals surface area contributed by atoms with E-state index in [1.807, 2.05) is 0 Å². The molecule has 0 radical (unpaired) electrons. The first-order chi connectivity index (χ1) is 10.5. The quantitative estimate of drug-likeness (QED) is 0.874. The molecule has 1 heterocycles. The Kier molecular flexibility index (Phi) is 5.11. The molecule has 2 rings (SSSR count). The van der Waals surface area contributed by atoms with Crippen LogP contribution in [0.15, 0.2) is 41.0 Å². The van der Waals surface area contributed by atoms with Gasteiger partial charge in [0.25, 0.3) is 5.91 Å². The van der Waals surface area contributed by atoms with Crippen LogP contribution in [0.3, 0.4) is 0 Å². The van der Waals surface area contributed by atoms with E-state index >= 15 is 0 Å². The Morgan fingerprint density at radius 3 is 2.68 bits per heavy atom. The third kappa shape index (κ3) is 3.82. The van der Waals surface area contributed by atoms with Gasteiger partial charge in [-0.25, -0.2) is 4.98 Å². The number of amides is 2. The molecule has 1 aromatic heterocycles. The van der Waals surface area contributed by atoms with E-state index < -0.39 is 0 Å². The maximum atomic E-state index is 12.4. The molecule has 6 nitrogen and oxygen atoms in total. The Morgan fingerprint density at radius 1 is 1.23 bits per heavy atom. The number of anilines is 2. The fourth-order valence-corrected chi connectivity index (χ4v) is 2.19. The lowest BCUT2D eigenvalue weighted by Gasteiger charge is -2.11. The van der Waals surface area contributed by atoms with Crippen LogP contribution in [0.1, 0.15) is 17.3 Å². The molecule has 114 valence electrons. The molecule has 1 aromatic carbocycles. The zero-order valence-corrected chi connectivity index (χ0v) is 13.6. The molecule has 0 saturated heterocycles. The molecular weight excluding hydrogens is 350 g/mol. The number of carbonyl (C=O) groups is 2. The Hall–Kier alpha value is -2.41. The van der Waals surface area contributed by atoms with Crippen LogP contribution in [-0.4, -0.2) is 23.9 Å². The van der Waals surface area contributed by atoms with Crippen molar-refractivity contribution in [3.8, 4) is 5.75 Å². The zero-order chi connectivity index (χ0) is 16.1. The summed E-state index contributed by atoms with van der Waals surface area (Å²) in [7, 11) is 1.53. The predicted molar refractivity (Wildman–Crippen MR) is 87.2 cm³/mol. The third-order valence-corrected chi connectivity index (χ3v) is 3.46. The van der Waals surface area contributed by atoms with Gasteiger partial charge in [0.05, 0.1) is 18.4 Å². The lowest BCUT2D eigenvalue weighted by atomic mass is 10.2. The summed E-state index contributed by atoms with van der Waals surface area (Å²) in [5.74, 6) is 0.256. The van der Waals surface area contributed by atoms with Gasteiger partial charge in [0.1, 0.15) is 5.75 Å². The number of pyridine rings is 1. The van der Waals surface area contributed by atoms with Gasteiger partial charge in [-0.3, -0.25) is 9.59 Å². The van der Waals surface area contributed by atoms with Crippen molar-refractivity contribution >= 4 is 39.2 Å². The minimum atomic E-state index is -0.342. The van der Waals surface area contributed by atoms with Gasteiger partial charge in [0.2, 0.25) is 5.91 Å². The Balaban J connectivity index is 2.28. The number of nitrogens with one attached hydrogen (secondary N) is 2. The van der Waals surface area contributed by atoms with Crippen LogP contribution >= 0.6 is 15.9 Å². The van der Waals surface area contributed by atoms with Crippen molar-refractivity contribution in [2.45, 2.75) is 6.92 Å². The van der Waals surface area contributed by atoms with Crippen LogP contribution in [0.25, 0.3) is 0 Å². The number of methoxy groups -OCH3 is 1. The summed E-state index contributed by atoms with van der Waals surface area (Å²) in [4.78, 5) is 27.6. The maximum Gasteiger partial charge on any atom is 0.257 e. The van der Waals surface area contributed by atoms with E-state index in [9.17, 15) is 9.59 Å². The SMILES string of the molecule is COc1ccc(Br)c(C(=O)Nc2cccnc2NC(C)=O)c1. The first-order valence-corrected chi connectivity index (χ1v) is 7.18. The van der Waals surface area contributed by atoms with Crippen molar-refractivity contribution in [2.75, 3.05) is 17.7 Å². The van der Waals surface area contributed by atoms with Crippen molar-refractivity contribution in [1.82, 2.24) is 4.98 Å². The number of halogens is 1. The molecule has 7 heteroatoms. The molecule has 0 fully saturated rings. The van der Waals surface area contributed by atoms with E-state index in [2.05, 4.69) is 31.5 Å². The van der Waals surface area contributed by atoms with Crippen LogP contribution in [0.4, 0.5) is 11.5 Å². The third-order valence-electron chi connectivity index (χ3n) is 2.77. The van der Waals surface area contributed by atoms with Crippen LogP contribution in [0, 0.1) is 0 Å². The summed E-state index contributed by atoms with van der Waals surface area (Å²) in [6, 6.07) is 8.42. The lowest BCUT2D eigenvalue weighted by molar-refractivity contribution is -0.114. The van der Waals surface area contributed by atoms with Gasteiger partial charge in [-0.05, 0) is 46.3 Å². The minimum Gasteiger partial charge on any atom is -0.497 e. The number of hydrogen-bond donors (Lipinski definition) is 2. The number of hydrogen-bond acceptors (Lipinski definition) is 4. The molecule has 0 aliphatic rings. The topological polar surface area (TPSA) is 80.3 Å². The lowest BCUT2D eigenvalue weighted by Crippen LogP contribution is -2.16. The average Bonchev–Trinajstić information content (AvgIpc) is 2.49. The molecule has 2 aromatic rings. The van der Waals surface area contributed by atoms with Crippen molar-refractivity contribution in [3.63, 3.8) is 0 Å². The fourth-order valence-electron chi connectivity index (χ4n) is 1.77. The molecule has 0 unspecified atom stereocenters. The predicted octanol–water partition coefficient (Wildman–Crippen LogP) is 3.06. The summed E-state index contributed by atoms with van der Waals surface area (Å²) in [5.41, 5.74) is 0.828. The van der Waals surface area contributed by atoms with Crippen LogP contribution in [0.2, 0.25) is 0 Å². The minimum absolute atomic E-state index is 0.267. The maximum absolute atomic E-state index is 12.4. The molecule has 0 spiro atoms. The number of aromatic nitrogens is 1. The molecule has 22 heavy (non-hydrogen) atoms. The highest BCUT2D eigenvalue weighted by Crippen LogP contribution is 2.25. The first kappa shape index (κ1) is 16.0. The molecule has 0 bridgehead atoms. The summed E-state index contributed by atoms with van der Waals surface area (Å²) in [5, 5.41) is 5.29. The molecule has 2 N–H and O–H groups in total. The molecular formula is C15H14BrN3O3. The zero-order valence-electron chi connectivity index (χ0n) is 12.0. The molecule has 0 aliphatic carbocycles. The van der Waals surface area contributed by atoms with Crippen molar-refractivity contribution in [3.05, 3.63) is 46.6 Å². The summed E-state index contributed by atoms with van der Waals surface area (Å²) < 4.78 is 5.75. The van der Waals surface area contributed by atoms with Gasteiger partial charge in [0.15, 0.2) is 5.82 Å². The summed E-state index contributed by atoms with van der Waals surface area (Å²) in [6.07, 6.45) is 1.53. The van der Waals surface area contributed by atoms with Crippen LogP contribution < -0.4 is 15.4 Å². The highest BCUT2D eigenvalue weighted by atomic mass is 79.9. The van der Waals surface area contributed by atoms with Crippen molar-refractivity contribution < 1.29 is 14.3 Å². The van der Waals surface area contributed by atoms with Gasteiger partial charge in [-0.15, -0.1) is 0 Å². The second-order valence-corrected chi connectivity index (χ2v) is 5.23. The van der Waals surface area contributed by atoms with Gasteiger partial charge in [-0.1, -0.05) is 0 Å². The fraction of sp³-hybridized carbons (Fsp3) is 0.133. The smallest absolute Gasteiger partial charge is 0.257 e. The number of benzene rings is 1. The summed E-state index contributed by atoms with van der Waals surface area (Å²) >= 11 is 3.33. The molecule has 0 aliphatic heterocycles. The molecule has 0 atom stereocenters. The molecule has 0 saturated carbocycles. The van der Waals surface area contributed by atoms with E-state index in [4.69, 9.17) is 4.74 Å². The van der Waals surface area contributed by atoms with E-state index in [-0.39, 0.29) is 11.8 Å². The number of rotatable bonds is 4. The first-order valence-electron chi connectivity index (χ1n) is 6.38. The highest BCUT2D eigenvalue weighted by molar-refractivity contribution is 9.10. The number of nitrogens with zero attached hydrogens (tertiary/aromatic N) is 1. The Bertz CT molecular complexity index is 719. The van der Waals surface area contributed by atoms with E-state index in [0.717, 1.165) is 0 Å². The number of ether oxygens (including phenoxy) is 1. The Morgan fingerprint density at radius 2 is 2.00 bits per heavy atom. The normalized spacial score (nSPS) is 9.95. The Labute approximate surface area is 136 Å². The largest absolute Gasteiger partial charge is 0.497 e. The van der Waals surface area contributed by atoms with E-state index in [1.54, 1.807) is 30.3 Å². The second-order valence-electron chi connectivity index (χ2n) is 4.38.